The minimum absolute atomic E-state index is 0.0764. The minimum atomic E-state index is -1.89. The van der Waals surface area contributed by atoms with Crippen molar-refractivity contribution in [3.63, 3.8) is 0 Å². The number of amides is 6. The van der Waals surface area contributed by atoms with Crippen molar-refractivity contribution in [2.75, 3.05) is 75.7 Å². The second-order valence-corrected chi connectivity index (χ2v) is 14.7. The van der Waals surface area contributed by atoms with Crippen LogP contribution in [0.15, 0.2) is 0 Å². The standard InChI is InChI=1S/C40H60N6O16/c1-19-31(37(59)41-25(9-47)10-48)21(3)35(22(4)32(19)38(60)42-26(11-49)12-50)45(17-55)7-29(57)30(58)8-46(18-56)36-23(5)33(39(61)43-27(13-51)14-52)20(2)34(24(36)6)40(62)44-28(15-53)16-54/h17-18,25-30,47-54,57-58H,7-16H2,1-6H3,(H,41,59)(H,42,60)(H,43,61)(H,44,62). The van der Waals surface area contributed by atoms with E-state index in [-0.39, 0.29) is 79.8 Å². The van der Waals surface area contributed by atoms with Crippen molar-refractivity contribution < 1.29 is 79.8 Å². The van der Waals surface area contributed by atoms with E-state index in [1.807, 2.05) is 0 Å². The molecule has 0 aliphatic carbocycles. The predicted molar refractivity (Wildman–Crippen MR) is 222 cm³/mol. The van der Waals surface area contributed by atoms with Crippen LogP contribution >= 0.6 is 0 Å². The molecule has 62 heavy (non-hydrogen) atoms. The van der Waals surface area contributed by atoms with E-state index < -0.39 is 126 Å². The maximum absolute atomic E-state index is 13.6. The lowest BCUT2D eigenvalue weighted by molar-refractivity contribution is -0.109. The molecule has 0 radical (unpaired) electrons. The molecule has 2 unspecified atom stereocenters. The lowest BCUT2D eigenvalue weighted by atomic mass is 9.89. The van der Waals surface area contributed by atoms with E-state index in [1.54, 1.807) is 0 Å². The van der Waals surface area contributed by atoms with Crippen LogP contribution in [0.2, 0.25) is 0 Å². The van der Waals surface area contributed by atoms with Crippen molar-refractivity contribution in [2.45, 2.75) is 77.9 Å². The number of hydrogen-bond acceptors (Lipinski definition) is 16. The molecule has 2 atom stereocenters. The summed E-state index contributed by atoms with van der Waals surface area (Å²) in [6.07, 6.45) is -3.28. The first kappa shape index (κ1) is 53.0. The van der Waals surface area contributed by atoms with Crippen LogP contribution in [0, 0.1) is 41.5 Å². The van der Waals surface area contributed by atoms with Gasteiger partial charge in [-0.3, -0.25) is 28.8 Å². The van der Waals surface area contributed by atoms with Crippen LogP contribution in [-0.4, -0.2) is 190 Å². The van der Waals surface area contributed by atoms with Crippen molar-refractivity contribution in [1.29, 1.82) is 0 Å². The fourth-order valence-corrected chi connectivity index (χ4v) is 7.28. The van der Waals surface area contributed by atoms with Gasteiger partial charge < -0.3 is 82.1 Å². The summed E-state index contributed by atoms with van der Waals surface area (Å²) in [5.74, 6) is -3.47. The fraction of sp³-hybridized carbons (Fsp3) is 0.550. The van der Waals surface area contributed by atoms with Crippen LogP contribution in [0.25, 0.3) is 0 Å². The molecule has 0 bridgehead atoms. The average molecular weight is 881 g/mol. The number of carbonyl (C=O) groups excluding carboxylic acids is 6. The fourth-order valence-electron chi connectivity index (χ4n) is 7.28. The Balaban J connectivity index is 2.76. The molecule has 22 nitrogen and oxygen atoms in total. The molecule has 0 heterocycles. The number of aliphatic hydroxyl groups is 10. The third-order valence-electron chi connectivity index (χ3n) is 10.5. The topological polar surface area (TPSA) is 359 Å². The molecule has 0 saturated carbocycles. The number of nitrogens with zero attached hydrogens (tertiary/aromatic N) is 2. The Morgan fingerprint density at radius 2 is 0.613 bits per heavy atom. The minimum Gasteiger partial charge on any atom is -0.394 e. The van der Waals surface area contributed by atoms with Gasteiger partial charge in [0.15, 0.2) is 0 Å². The maximum Gasteiger partial charge on any atom is 0.252 e. The second kappa shape index (κ2) is 24.5. The lowest BCUT2D eigenvalue weighted by Crippen LogP contribution is -2.46. The normalized spacial score (nSPS) is 12.4. The Hall–Kier alpha value is -5.14. The summed E-state index contributed by atoms with van der Waals surface area (Å²) in [5.41, 5.74) is -0.334. The van der Waals surface area contributed by atoms with Crippen molar-refractivity contribution in [3.8, 4) is 0 Å². The predicted octanol–water partition coefficient (Wildman–Crippen LogP) is -4.78. The van der Waals surface area contributed by atoms with Crippen LogP contribution < -0.4 is 31.1 Å². The number of rotatable bonds is 25. The molecule has 2 rings (SSSR count). The van der Waals surface area contributed by atoms with Gasteiger partial charge in [0.05, 0.1) is 114 Å². The molecule has 6 amide bonds. The highest BCUT2D eigenvalue weighted by Crippen LogP contribution is 2.36. The van der Waals surface area contributed by atoms with E-state index in [4.69, 9.17) is 0 Å². The van der Waals surface area contributed by atoms with Crippen LogP contribution in [0.1, 0.15) is 74.8 Å². The molecule has 2 aromatic rings. The third kappa shape index (κ3) is 12.1. The number of benzene rings is 2. The average Bonchev–Trinajstić information content (AvgIpc) is 3.24. The maximum atomic E-state index is 13.6. The first-order valence-corrected chi connectivity index (χ1v) is 19.5. The Bertz CT molecular complexity index is 1670. The van der Waals surface area contributed by atoms with Crippen molar-refractivity contribution in [1.82, 2.24) is 21.3 Å². The van der Waals surface area contributed by atoms with E-state index in [0.29, 0.717) is 0 Å². The third-order valence-corrected chi connectivity index (χ3v) is 10.5. The number of hydrogen-bond donors (Lipinski definition) is 14. The summed E-state index contributed by atoms with van der Waals surface area (Å²) in [5, 5.41) is 110. The highest BCUT2D eigenvalue weighted by Gasteiger charge is 2.33. The molecule has 0 aliphatic heterocycles. The summed E-state index contributed by atoms with van der Waals surface area (Å²) in [6.45, 7) is 1.82. The van der Waals surface area contributed by atoms with E-state index in [2.05, 4.69) is 21.3 Å². The first-order valence-electron chi connectivity index (χ1n) is 19.5. The van der Waals surface area contributed by atoms with Crippen molar-refractivity contribution in [2.24, 2.45) is 0 Å². The van der Waals surface area contributed by atoms with Gasteiger partial charge in [0, 0.05) is 22.3 Å². The van der Waals surface area contributed by atoms with Gasteiger partial charge >= 0.3 is 0 Å². The highest BCUT2D eigenvalue weighted by atomic mass is 16.3. The molecule has 346 valence electrons. The largest absolute Gasteiger partial charge is 0.394 e. The van der Waals surface area contributed by atoms with Crippen LogP contribution in [-0.2, 0) is 9.59 Å². The van der Waals surface area contributed by atoms with Gasteiger partial charge in [-0.1, -0.05) is 0 Å². The molecule has 2 aromatic carbocycles. The van der Waals surface area contributed by atoms with Gasteiger partial charge in [-0.05, 0) is 74.9 Å². The molecule has 22 heteroatoms. The zero-order valence-corrected chi connectivity index (χ0v) is 35.5. The van der Waals surface area contributed by atoms with Gasteiger partial charge in [-0.2, -0.15) is 0 Å². The van der Waals surface area contributed by atoms with Crippen molar-refractivity contribution in [3.05, 3.63) is 55.6 Å². The molecular formula is C40H60N6O16. The Kier molecular flexibility index (Phi) is 20.9. The summed E-state index contributed by atoms with van der Waals surface area (Å²) in [6, 6.07) is -4.48. The quantitative estimate of drug-likeness (QED) is 0.0416. The molecule has 0 fully saturated rings. The van der Waals surface area contributed by atoms with Gasteiger partial charge in [0.25, 0.3) is 23.6 Å². The number of anilines is 2. The van der Waals surface area contributed by atoms with E-state index in [9.17, 15) is 79.8 Å². The van der Waals surface area contributed by atoms with Crippen LogP contribution in [0.4, 0.5) is 11.4 Å². The molecule has 0 saturated heterocycles. The molecule has 0 aliphatic rings. The van der Waals surface area contributed by atoms with Gasteiger partial charge in [-0.15, -0.1) is 0 Å². The van der Waals surface area contributed by atoms with Crippen LogP contribution in [0.3, 0.4) is 0 Å². The molecule has 14 N–H and O–H groups in total. The molecule has 0 spiro atoms. The summed E-state index contributed by atoms with van der Waals surface area (Å²) in [7, 11) is 0. The summed E-state index contributed by atoms with van der Waals surface area (Å²) >= 11 is 0. The first-order chi connectivity index (χ1) is 29.3. The monoisotopic (exact) mass is 880 g/mol. The Morgan fingerprint density at radius 1 is 0.419 bits per heavy atom. The SMILES string of the molecule is Cc1c(C(=O)NC(CO)CO)c(C)c(N(C=O)CC(O)C(O)CN(C=O)c2c(C)c(C(=O)NC(CO)CO)c(C)c(C(=O)NC(CO)CO)c2C)c(C)c1C(=O)NC(CO)CO. The lowest BCUT2D eigenvalue weighted by Gasteiger charge is -2.32. The Labute approximate surface area is 357 Å². The van der Waals surface area contributed by atoms with E-state index in [0.717, 1.165) is 9.80 Å². The van der Waals surface area contributed by atoms with E-state index >= 15 is 0 Å². The van der Waals surface area contributed by atoms with Crippen LogP contribution in [0.5, 0.6) is 0 Å². The Morgan fingerprint density at radius 3 is 0.774 bits per heavy atom. The summed E-state index contributed by atoms with van der Waals surface area (Å²) < 4.78 is 0. The zero-order chi connectivity index (χ0) is 47.2. The second-order valence-electron chi connectivity index (χ2n) is 14.7. The number of aliphatic hydroxyl groups excluding tert-OH is 10. The van der Waals surface area contributed by atoms with Gasteiger partial charge in [0.1, 0.15) is 0 Å². The van der Waals surface area contributed by atoms with Gasteiger partial charge in [0.2, 0.25) is 12.8 Å². The molecule has 0 aromatic heterocycles. The zero-order valence-electron chi connectivity index (χ0n) is 35.5. The number of nitrogens with one attached hydrogen (secondary N) is 4. The molecular weight excluding hydrogens is 820 g/mol. The highest BCUT2D eigenvalue weighted by molar-refractivity contribution is 6.08. The number of carbonyl (C=O) groups is 6. The van der Waals surface area contributed by atoms with E-state index in [1.165, 1.54) is 41.5 Å². The smallest absolute Gasteiger partial charge is 0.252 e. The summed E-state index contributed by atoms with van der Waals surface area (Å²) in [4.78, 5) is 81.9. The van der Waals surface area contributed by atoms with Gasteiger partial charge in [-0.25, -0.2) is 0 Å². The van der Waals surface area contributed by atoms with Crippen molar-refractivity contribution >= 4 is 47.8 Å².